The normalized spacial score (nSPS) is 39.1. The van der Waals surface area contributed by atoms with E-state index in [1.54, 1.807) is 6.92 Å². The summed E-state index contributed by atoms with van der Waals surface area (Å²) in [7, 11) is 2.28. The predicted molar refractivity (Wildman–Crippen MR) is 92.3 cm³/mol. The molecule has 2 heterocycles. The van der Waals surface area contributed by atoms with Gasteiger partial charge in [0.1, 0.15) is 11.9 Å². The number of amides is 1. The number of carbonyl (C=O) groups excluding carboxylic acids is 1. The summed E-state index contributed by atoms with van der Waals surface area (Å²) in [5.41, 5.74) is 4.33. The maximum atomic E-state index is 11.8. The van der Waals surface area contributed by atoms with Gasteiger partial charge >= 0.3 is 0 Å². The highest BCUT2D eigenvalue weighted by Crippen LogP contribution is 2.62. The number of hydrogen-bond acceptors (Lipinski definition) is 3. The van der Waals surface area contributed by atoms with Gasteiger partial charge in [-0.2, -0.15) is 0 Å². The summed E-state index contributed by atoms with van der Waals surface area (Å²) in [6.45, 7) is 4.91. The average molecular weight is 326 g/mol. The number of carbonyl (C=O) groups is 1. The third-order valence-corrected chi connectivity index (χ3v) is 7.20. The van der Waals surface area contributed by atoms with E-state index in [4.69, 9.17) is 4.74 Å². The Morgan fingerprint density at radius 1 is 1.38 bits per heavy atom. The maximum Gasteiger partial charge on any atom is 0.217 e. The van der Waals surface area contributed by atoms with E-state index < -0.39 is 0 Å². The van der Waals surface area contributed by atoms with Gasteiger partial charge in [0.2, 0.25) is 5.91 Å². The lowest BCUT2D eigenvalue weighted by atomic mass is 9.51. The Labute approximate surface area is 143 Å². The Bertz CT molecular complexity index is 731. The van der Waals surface area contributed by atoms with Gasteiger partial charge < -0.3 is 15.0 Å². The summed E-state index contributed by atoms with van der Waals surface area (Å²) in [6.07, 6.45) is 4.61. The molecule has 2 fully saturated rings. The second-order valence-electron chi connectivity index (χ2n) is 8.32. The van der Waals surface area contributed by atoms with E-state index in [9.17, 15) is 4.79 Å². The zero-order valence-corrected chi connectivity index (χ0v) is 14.8. The molecule has 4 heteroatoms. The van der Waals surface area contributed by atoms with Gasteiger partial charge in [0.15, 0.2) is 0 Å². The van der Waals surface area contributed by atoms with Crippen molar-refractivity contribution in [2.75, 3.05) is 13.6 Å². The zero-order valence-electron chi connectivity index (χ0n) is 14.8. The second kappa shape index (κ2) is 4.75. The van der Waals surface area contributed by atoms with Crippen LogP contribution >= 0.6 is 0 Å². The number of benzene rings is 1. The van der Waals surface area contributed by atoms with Crippen molar-refractivity contribution in [1.82, 2.24) is 10.2 Å². The molecule has 4 aliphatic rings. The number of rotatable bonds is 1. The topological polar surface area (TPSA) is 41.6 Å². The second-order valence-corrected chi connectivity index (χ2v) is 8.32. The van der Waals surface area contributed by atoms with Crippen LogP contribution in [0.2, 0.25) is 0 Å². The van der Waals surface area contributed by atoms with Gasteiger partial charge in [-0.05, 0) is 63.2 Å². The summed E-state index contributed by atoms with van der Waals surface area (Å²) >= 11 is 0. The molecule has 24 heavy (non-hydrogen) atoms. The molecule has 128 valence electrons. The van der Waals surface area contributed by atoms with E-state index in [0.29, 0.717) is 12.0 Å². The van der Waals surface area contributed by atoms with Crippen LogP contribution < -0.4 is 10.1 Å². The summed E-state index contributed by atoms with van der Waals surface area (Å²) in [4.78, 5) is 14.3. The average Bonchev–Trinajstić information content (AvgIpc) is 2.89. The Kier molecular flexibility index (Phi) is 2.92. The molecular formula is C20H26N2O2. The largest absolute Gasteiger partial charge is 0.487 e. The number of nitrogens with zero attached hydrogens (tertiary/aromatic N) is 1. The summed E-state index contributed by atoms with van der Waals surface area (Å²) in [5.74, 6) is 1.84. The Morgan fingerprint density at radius 2 is 2.21 bits per heavy atom. The van der Waals surface area contributed by atoms with Crippen LogP contribution in [0.4, 0.5) is 0 Å². The molecule has 1 aromatic rings. The van der Waals surface area contributed by atoms with Crippen LogP contribution in [0.1, 0.15) is 42.9 Å². The van der Waals surface area contributed by atoms with Crippen LogP contribution in [0.15, 0.2) is 12.1 Å². The van der Waals surface area contributed by atoms with Gasteiger partial charge in [-0.1, -0.05) is 12.1 Å². The molecule has 1 spiro atoms. The molecule has 0 radical (unpaired) electrons. The van der Waals surface area contributed by atoms with Crippen molar-refractivity contribution >= 4 is 5.91 Å². The van der Waals surface area contributed by atoms with Crippen molar-refractivity contribution in [2.45, 2.75) is 63.1 Å². The van der Waals surface area contributed by atoms with Gasteiger partial charge in [0.25, 0.3) is 0 Å². The Morgan fingerprint density at radius 3 is 3.00 bits per heavy atom. The molecule has 3 unspecified atom stereocenters. The van der Waals surface area contributed by atoms with Gasteiger partial charge in [-0.25, -0.2) is 0 Å². The highest BCUT2D eigenvalue weighted by atomic mass is 16.5. The summed E-state index contributed by atoms with van der Waals surface area (Å²) in [6, 6.07) is 5.29. The van der Waals surface area contributed by atoms with E-state index in [2.05, 4.69) is 36.3 Å². The highest BCUT2D eigenvalue weighted by Gasteiger charge is 2.65. The van der Waals surface area contributed by atoms with Gasteiger partial charge in [-0.15, -0.1) is 0 Å². The van der Waals surface area contributed by atoms with Gasteiger partial charge in [0.05, 0.1) is 6.04 Å². The number of aryl methyl sites for hydroxylation is 1. The first kappa shape index (κ1) is 14.8. The fourth-order valence-electron chi connectivity index (χ4n) is 6.29. The lowest BCUT2D eigenvalue weighted by molar-refractivity contribution is -0.122. The van der Waals surface area contributed by atoms with Crippen LogP contribution in [0.3, 0.4) is 0 Å². The minimum atomic E-state index is 0.0617. The molecule has 5 atom stereocenters. The van der Waals surface area contributed by atoms with E-state index in [0.717, 1.165) is 31.6 Å². The molecule has 1 amide bonds. The SMILES string of the molecule is CC(=O)NC1CC[C@@H]2C3Cc4ccc(C)c5c4[C@]2(CCN3C)C1O5. The lowest BCUT2D eigenvalue weighted by Gasteiger charge is -2.59. The van der Waals surface area contributed by atoms with Gasteiger partial charge in [0, 0.05) is 23.9 Å². The Hall–Kier alpha value is -1.55. The first-order valence-electron chi connectivity index (χ1n) is 9.29. The number of likely N-dealkylation sites (tertiary alicyclic amines) is 1. The molecule has 1 aromatic carbocycles. The minimum absolute atomic E-state index is 0.0617. The quantitative estimate of drug-likeness (QED) is 0.860. The van der Waals surface area contributed by atoms with Crippen LogP contribution in [0, 0.1) is 12.8 Å². The number of nitrogens with one attached hydrogen (secondary N) is 1. The maximum absolute atomic E-state index is 11.8. The van der Waals surface area contributed by atoms with E-state index in [-0.39, 0.29) is 23.5 Å². The first-order valence-corrected chi connectivity index (χ1v) is 9.29. The van der Waals surface area contributed by atoms with Crippen LogP contribution in [0.5, 0.6) is 5.75 Å². The molecule has 2 aliphatic heterocycles. The standard InChI is InChI=1S/C20H26N2O2/c1-11-4-5-13-10-16-14-6-7-15(21-12(2)23)19-20(14,8-9-22(16)3)17(13)18(11)24-19/h4-5,14-16,19H,6-10H2,1-3H3,(H,21,23)/t14-,15?,16?,19?,20-/m1/s1. The van der Waals surface area contributed by atoms with Crippen molar-refractivity contribution in [3.05, 3.63) is 28.8 Å². The smallest absolute Gasteiger partial charge is 0.217 e. The Balaban J connectivity index is 1.71. The molecule has 5 rings (SSSR count). The molecule has 1 saturated heterocycles. The number of hydrogen-bond donors (Lipinski definition) is 1. The molecular weight excluding hydrogens is 300 g/mol. The van der Waals surface area contributed by atoms with Crippen LogP contribution in [-0.2, 0) is 16.6 Å². The summed E-state index contributed by atoms with van der Waals surface area (Å²) < 4.78 is 6.62. The van der Waals surface area contributed by atoms with Crippen molar-refractivity contribution in [2.24, 2.45) is 5.92 Å². The number of likely N-dealkylation sites (N-methyl/N-ethyl adjacent to an activating group) is 1. The van der Waals surface area contributed by atoms with E-state index >= 15 is 0 Å². The molecule has 0 aromatic heterocycles. The third kappa shape index (κ3) is 1.65. The van der Waals surface area contributed by atoms with Crippen LogP contribution in [-0.4, -0.2) is 42.6 Å². The van der Waals surface area contributed by atoms with Crippen LogP contribution in [0.25, 0.3) is 0 Å². The molecule has 1 saturated carbocycles. The lowest BCUT2D eigenvalue weighted by Crippen LogP contribution is -2.68. The van der Waals surface area contributed by atoms with E-state index in [1.165, 1.54) is 23.1 Å². The monoisotopic (exact) mass is 326 g/mol. The third-order valence-electron chi connectivity index (χ3n) is 7.20. The van der Waals surface area contributed by atoms with Crippen molar-refractivity contribution in [3.63, 3.8) is 0 Å². The number of piperidine rings is 1. The molecule has 2 bridgehead atoms. The molecule has 4 nitrogen and oxygen atoms in total. The molecule has 1 N–H and O–H groups in total. The van der Waals surface area contributed by atoms with Crippen molar-refractivity contribution in [1.29, 1.82) is 0 Å². The zero-order chi connectivity index (χ0) is 16.6. The number of ether oxygens (including phenoxy) is 1. The summed E-state index contributed by atoms with van der Waals surface area (Å²) in [5, 5.41) is 3.20. The molecule has 2 aliphatic carbocycles. The van der Waals surface area contributed by atoms with E-state index in [1.807, 2.05) is 0 Å². The highest BCUT2D eigenvalue weighted by molar-refractivity contribution is 5.73. The minimum Gasteiger partial charge on any atom is -0.487 e. The fraction of sp³-hybridized carbons (Fsp3) is 0.650. The predicted octanol–water partition coefficient (Wildman–Crippen LogP) is 2.17. The fourth-order valence-corrected chi connectivity index (χ4v) is 6.29. The van der Waals surface area contributed by atoms with Gasteiger partial charge in [-0.3, -0.25) is 4.79 Å². The van der Waals surface area contributed by atoms with Crippen molar-refractivity contribution in [3.8, 4) is 5.75 Å². The van der Waals surface area contributed by atoms with Crippen molar-refractivity contribution < 1.29 is 9.53 Å². The first-order chi connectivity index (χ1) is 11.5.